The van der Waals surface area contributed by atoms with Gasteiger partial charge in [-0.25, -0.2) is 0 Å². The van der Waals surface area contributed by atoms with Crippen LogP contribution in [0.1, 0.15) is 43.0 Å². The van der Waals surface area contributed by atoms with Crippen molar-refractivity contribution in [1.82, 2.24) is 4.90 Å². The highest BCUT2D eigenvalue weighted by molar-refractivity contribution is 6.74. The van der Waals surface area contributed by atoms with Gasteiger partial charge in [0, 0.05) is 13.1 Å². The van der Waals surface area contributed by atoms with Gasteiger partial charge in [0.2, 0.25) is 8.32 Å². The van der Waals surface area contributed by atoms with Gasteiger partial charge in [0.15, 0.2) is 0 Å². The van der Waals surface area contributed by atoms with Crippen LogP contribution in [0.5, 0.6) is 5.75 Å². The van der Waals surface area contributed by atoms with Crippen molar-refractivity contribution in [3.8, 4) is 5.75 Å². The van der Waals surface area contributed by atoms with Crippen molar-refractivity contribution >= 4 is 14.3 Å². The maximum atomic E-state index is 13.8. The molecule has 0 aliphatic carbocycles. The molecule has 0 N–H and O–H groups in total. The Balaban J connectivity index is 1.60. The summed E-state index contributed by atoms with van der Waals surface area (Å²) in [5.41, 5.74) is 4.36. The van der Waals surface area contributed by atoms with Gasteiger partial charge in [-0.15, -0.1) is 0 Å². The molecule has 5 heteroatoms. The zero-order chi connectivity index (χ0) is 29.3. The molecule has 1 atom stereocenters. The largest absolute Gasteiger partial charge is 0.544 e. The summed E-state index contributed by atoms with van der Waals surface area (Å²) in [5, 5.41) is 0.120. The number of carbonyl (C=O) groups is 1. The summed E-state index contributed by atoms with van der Waals surface area (Å²) in [5.74, 6) is 0.663. The fourth-order valence-electron chi connectivity index (χ4n) is 4.46. The molecule has 4 nitrogen and oxygen atoms in total. The Bertz CT molecular complexity index is 1310. The third kappa shape index (κ3) is 8.91. The first-order chi connectivity index (χ1) is 19.6. The molecule has 0 aliphatic heterocycles. The van der Waals surface area contributed by atoms with Crippen LogP contribution in [0.4, 0.5) is 0 Å². The van der Waals surface area contributed by atoms with E-state index in [9.17, 15) is 4.79 Å². The molecule has 4 rings (SSSR count). The number of hydrogen-bond donors (Lipinski definition) is 0. The smallest absolute Gasteiger partial charge is 0.324 e. The molecule has 4 aromatic rings. The summed E-state index contributed by atoms with van der Waals surface area (Å²) >= 11 is 0. The first-order valence-corrected chi connectivity index (χ1v) is 17.3. The van der Waals surface area contributed by atoms with E-state index in [0.717, 1.165) is 28.0 Å². The van der Waals surface area contributed by atoms with Crippen LogP contribution in [-0.2, 0) is 35.6 Å². The lowest BCUT2D eigenvalue weighted by Crippen LogP contribution is -2.44. The van der Waals surface area contributed by atoms with Crippen molar-refractivity contribution in [2.24, 2.45) is 0 Å². The number of benzene rings is 4. The van der Waals surface area contributed by atoms with Crippen LogP contribution in [0.2, 0.25) is 18.1 Å². The monoisotopic (exact) mass is 565 g/mol. The van der Waals surface area contributed by atoms with Crippen molar-refractivity contribution in [2.45, 2.75) is 71.1 Å². The fraction of sp³-hybridized carbons (Fsp3) is 0.306. The number of hydrogen-bond acceptors (Lipinski definition) is 4. The van der Waals surface area contributed by atoms with E-state index in [1.54, 1.807) is 0 Å². The first kappa shape index (κ1) is 30.3. The van der Waals surface area contributed by atoms with E-state index in [1.807, 2.05) is 78.9 Å². The minimum absolute atomic E-state index is 0.120. The Morgan fingerprint density at radius 1 is 0.683 bits per heavy atom. The molecule has 0 spiro atoms. The average Bonchev–Trinajstić information content (AvgIpc) is 2.96. The molecule has 4 aromatic carbocycles. The zero-order valence-corrected chi connectivity index (χ0v) is 26.0. The van der Waals surface area contributed by atoms with Gasteiger partial charge in [-0.3, -0.25) is 9.69 Å². The second kappa shape index (κ2) is 13.8. The summed E-state index contributed by atoms with van der Waals surface area (Å²) in [7, 11) is -1.94. The van der Waals surface area contributed by atoms with Gasteiger partial charge in [0.25, 0.3) is 0 Å². The van der Waals surface area contributed by atoms with Crippen molar-refractivity contribution in [3.63, 3.8) is 0 Å². The van der Waals surface area contributed by atoms with Crippen LogP contribution in [0.15, 0.2) is 115 Å². The molecular formula is C36H43NO3Si. The first-order valence-electron chi connectivity index (χ1n) is 14.4. The predicted molar refractivity (Wildman–Crippen MR) is 170 cm³/mol. The minimum atomic E-state index is -1.94. The lowest BCUT2D eigenvalue weighted by atomic mass is 10.0. The van der Waals surface area contributed by atoms with Crippen molar-refractivity contribution < 1.29 is 14.0 Å². The van der Waals surface area contributed by atoms with Crippen LogP contribution in [-0.4, -0.2) is 25.2 Å². The summed E-state index contributed by atoms with van der Waals surface area (Å²) in [6.07, 6.45) is 0.535. The average molecular weight is 566 g/mol. The number of esters is 1. The molecule has 0 heterocycles. The van der Waals surface area contributed by atoms with E-state index in [-0.39, 0.29) is 17.6 Å². The van der Waals surface area contributed by atoms with Crippen LogP contribution >= 0.6 is 0 Å². The van der Waals surface area contributed by atoms with E-state index in [0.29, 0.717) is 19.5 Å². The lowest BCUT2D eigenvalue weighted by molar-refractivity contribution is -0.152. The molecular weight excluding hydrogens is 522 g/mol. The molecule has 0 amide bonds. The van der Waals surface area contributed by atoms with Crippen LogP contribution in [0, 0.1) is 0 Å². The number of rotatable bonds is 12. The van der Waals surface area contributed by atoms with E-state index >= 15 is 0 Å². The number of ether oxygens (including phenoxy) is 1. The number of nitrogens with zero attached hydrogens (tertiary/aromatic N) is 1. The van der Waals surface area contributed by atoms with E-state index in [1.165, 1.54) is 0 Å². The van der Waals surface area contributed by atoms with E-state index < -0.39 is 14.4 Å². The molecule has 0 aromatic heterocycles. The highest BCUT2D eigenvalue weighted by Gasteiger charge is 2.39. The Morgan fingerprint density at radius 3 is 1.61 bits per heavy atom. The highest BCUT2D eigenvalue weighted by atomic mass is 28.4. The van der Waals surface area contributed by atoms with E-state index in [2.05, 4.69) is 75.2 Å². The maximum Gasteiger partial charge on any atom is 0.324 e. The van der Waals surface area contributed by atoms with E-state index in [4.69, 9.17) is 9.16 Å². The Morgan fingerprint density at radius 2 is 1.15 bits per heavy atom. The van der Waals surface area contributed by atoms with Gasteiger partial charge in [0.1, 0.15) is 18.4 Å². The van der Waals surface area contributed by atoms with Crippen LogP contribution < -0.4 is 4.43 Å². The molecule has 0 radical (unpaired) electrons. The van der Waals surface area contributed by atoms with Gasteiger partial charge in [-0.2, -0.15) is 0 Å². The van der Waals surface area contributed by atoms with Crippen molar-refractivity contribution in [2.75, 3.05) is 0 Å². The quantitative estimate of drug-likeness (QED) is 0.128. The summed E-state index contributed by atoms with van der Waals surface area (Å²) in [4.78, 5) is 16.1. The second-order valence-corrected chi connectivity index (χ2v) is 16.9. The molecule has 0 bridgehead atoms. The SMILES string of the molecule is CC(C)(C)[Si](C)(C)Oc1ccc(CC(C(=O)OCc2ccccc2)N(Cc2ccccc2)Cc2ccccc2)cc1. The Hall–Kier alpha value is -3.67. The predicted octanol–water partition coefficient (Wildman–Crippen LogP) is 8.43. The Kier molecular flexibility index (Phi) is 10.2. The van der Waals surface area contributed by atoms with Gasteiger partial charge in [-0.1, -0.05) is 124 Å². The topological polar surface area (TPSA) is 38.8 Å². The molecule has 1 unspecified atom stereocenters. The van der Waals surface area contributed by atoms with Crippen molar-refractivity contribution in [1.29, 1.82) is 0 Å². The van der Waals surface area contributed by atoms with Crippen LogP contribution in [0.3, 0.4) is 0 Å². The van der Waals surface area contributed by atoms with Gasteiger partial charge >= 0.3 is 5.97 Å². The highest BCUT2D eigenvalue weighted by Crippen LogP contribution is 2.37. The third-order valence-corrected chi connectivity index (χ3v) is 12.3. The standard InChI is InChI=1S/C36H43NO3Si/c1-36(2,3)41(4,5)40-33-23-21-29(22-24-33)25-34(35(38)39-28-32-19-13-8-14-20-32)37(26-30-15-9-6-10-16-30)27-31-17-11-7-12-18-31/h6-24,34H,25-28H2,1-5H3. The minimum Gasteiger partial charge on any atom is -0.544 e. The summed E-state index contributed by atoms with van der Waals surface area (Å²) < 4.78 is 12.4. The molecule has 0 aliphatic rings. The number of carbonyl (C=O) groups excluding carboxylic acids is 1. The zero-order valence-electron chi connectivity index (χ0n) is 25.0. The molecule has 0 fully saturated rings. The molecule has 214 valence electrons. The van der Waals surface area contributed by atoms with Gasteiger partial charge in [-0.05, 0) is 58.9 Å². The normalized spacial score (nSPS) is 12.6. The summed E-state index contributed by atoms with van der Waals surface area (Å²) in [6.45, 7) is 12.8. The lowest BCUT2D eigenvalue weighted by Gasteiger charge is -2.36. The fourth-order valence-corrected chi connectivity index (χ4v) is 5.49. The second-order valence-electron chi connectivity index (χ2n) is 12.2. The third-order valence-electron chi connectivity index (χ3n) is 7.93. The Labute approximate surface area is 247 Å². The molecule has 0 saturated heterocycles. The maximum absolute atomic E-state index is 13.8. The van der Waals surface area contributed by atoms with Crippen LogP contribution in [0.25, 0.3) is 0 Å². The summed E-state index contributed by atoms with van der Waals surface area (Å²) in [6, 6.07) is 38.3. The molecule has 41 heavy (non-hydrogen) atoms. The van der Waals surface area contributed by atoms with Crippen molar-refractivity contribution in [3.05, 3.63) is 138 Å². The van der Waals surface area contributed by atoms with Gasteiger partial charge < -0.3 is 9.16 Å². The molecule has 0 saturated carbocycles. The van der Waals surface area contributed by atoms with Gasteiger partial charge in [0.05, 0.1) is 0 Å².